The Morgan fingerprint density at radius 2 is 2.22 bits per heavy atom. The van der Waals surface area contributed by atoms with E-state index >= 15 is 0 Å². The van der Waals surface area contributed by atoms with Gasteiger partial charge in [-0.25, -0.2) is 0 Å². The van der Waals surface area contributed by atoms with Gasteiger partial charge >= 0.3 is 0 Å². The van der Waals surface area contributed by atoms with Crippen LogP contribution in [0.2, 0.25) is 0 Å². The molecule has 0 saturated carbocycles. The van der Waals surface area contributed by atoms with E-state index in [1.165, 1.54) is 0 Å². The van der Waals surface area contributed by atoms with Crippen LogP contribution in [0, 0.1) is 5.92 Å². The van der Waals surface area contributed by atoms with Gasteiger partial charge in [0, 0.05) is 44.1 Å². The average Bonchev–Trinajstić information content (AvgIpc) is 2.73. The number of hydrogen-bond donors (Lipinski definition) is 2. The van der Waals surface area contributed by atoms with Gasteiger partial charge in [0.15, 0.2) is 0 Å². The molecule has 1 fully saturated rings. The molecule has 0 aromatic carbocycles. The molecule has 1 atom stereocenters. The number of likely N-dealkylation sites (tertiary alicyclic amines) is 1. The van der Waals surface area contributed by atoms with Crippen molar-refractivity contribution >= 4 is 17.5 Å². The first-order valence-electron chi connectivity index (χ1n) is 5.88. The van der Waals surface area contributed by atoms with Gasteiger partial charge in [0.25, 0.3) is 0 Å². The van der Waals surface area contributed by atoms with Crippen LogP contribution in [0.3, 0.4) is 0 Å². The third kappa shape index (κ3) is 2.97. The first-order valence-corrected chi connectivity index (χ1v) is 5.88. The molecule has 3 N–H and O–H groups in total. The van der Waals surface area contributed by atoms with Crippen molar-refractivity contribution in [2.75, 3.05) is 25.0 Å². The lowest BCUT2D eigenvalue weighted by Gasteiger charge is -2.16. The molecule has 2 heterocycles. The highest BCUT2D eigenvalue weighted by atomic mass is 16.2. The van der Waals surface area contributed by atoms with Crippen molar-refractivity contribution in [1.29, 1.82) is 0 Å². The van der Waals surface area contributed by atoms with E-state index in [-0.39, 0.29) is 18.2 Å². The predicted molar refractivity (Wildman–Crippen MR) is 66.6 cm³/mol. The van der Waals surface area contributed by atoms with Gasteiger partial charge < -0.3 is 16.0 Å². The lowest BCUT2D eigenvalue weighted by atomic mass is 10.1. The zero-order valence-corrected chi connectivity index (χ0v) is 10.0. The van der Waals surface area contributed by atoms with Crippen molar-refractivity contribution in [3.63, 3.8) is 0 Å². The molecule has 1 aliphatic heterocycles. The molecule has 6 nitrogen and oxygen atoms in total. The van der Waals surface area contributed by atoms with Gasteiger partial charge in [-0.3, -0.25) is 14.6 Å². The van der Waals surface area contributed by atoms with Crippen molar-refractivity contribution in [3.8, 4) is 0 Å². The Bertz CT molecular complexity index is 435. The molecule has 18 heavy (non-hydrogen) atoms. The molecule has 0 bridgehead atoms. The van der Waals surface area contributed by atoms with Crippen molar-refractivity contribution in [1.82, 2.24) is 9.88 Å². The summed E-state index contributed by atoms with van der Waals surface area (Å²) in [4.78, 5) is 28.2. The smallest absolute Gasteiger partial charge is 0.223 e. The lowest BCUT2D eigenvalue weighted by Crippen LogP contribution is -2.32. The maximum absolute atomic E-state index is 11.6. The molecule has 1 saturated heterocycles. The minimum atomic E-state index is -0.395. The summed E-state index contributed by atoms with van der Waals surface area (Å²) in [5, 5.41) is 3.19. The minimum Gasteiger partial charge on any atom is -0.383 e. The molecule has 2 amide bonds. The third-order valence-corrected chi connectivity index (χ3v) is 3.01. The van der Waals surface area contributed by atoms with E-state index in [1.807, 2.05) is 12.1 Å². The van der Waals surface area contributed by atoms with Crippen molar-refractivity contribution in [2.24, 2.45) is 11.7 Å². The van der Waals surface area contributed by atoms with Crippen LogP contribution in [-0.2, 0) is 9.59 Å². The first kappa shape index (κ1) is 12.3. The first-order chi connectivity index (χ1) is 8.66. The molecule has 96 valence electrons. The number of nitrogens with one attached hydrogen (secondary N) is 1. The van der Waals surface area contributed by atoms with Gasteiger partial charge in [0.2, 0.25) is 11.8 Å². The molecule has 0 aliphatic carbocycles. The standard InChI is InChI=1S/C12H16N4O2/c13-12(18)9-7-11(17)16(8-9)6-5-15-10-1-3-14-4-2-10/h1-4,9H,5-8H2,(H2,13,18)(H,14,15). The van der Waals surface area contributed by atoms with Crippen molar-refractivity contribution in [2.45, 2.75) is 6.42 Å². The van der Waals surface area contributed by atoms with Gasteiger partial charge in [-0.1, -0.05) is 0 Å². The van der Waals surface area contributed by atoms with E-state index in [2.05, 4.69) is 10.3 Å². The van der Waals surface area contributed by atoms with Gasteiger partial charge in [-0.05, 0) is 12.1 Å². The molecule has 1 aliphatic rings. The van der Waals surface area contributed by atoms with E-state index < -0.39 is 5.91 Å². The fourth-order valence-corrected chi connectivity index (χ4v) is 1.98. The predicted octanol–water partition coefficient (Wildman–Crippen LogP) is -0.173. The molecular formula is C12H16N4O2. The third-order valence-electron chi connectivity index (χ3n) is 3.01. The normalized spacial score (nSPS) is 19.0. The maximum atomic E-state index is 11.6. The van der Waals surface area contributed by atoms with E-state index in [0.717, 1.165) is 5.69 Å². The van der Waals surface area contributed by atoms with Crippen LogP contribution in [0.5, 0.6) is 0 Å². The summed E-state index contributed by atoms with van der Waals surface area (Å²) < 4.78 is 0. The highest BCUT2D eigenvalue weighted by molar-refractivity contribution is 5.88. The van der Waals surface area contributed by atoms with Crippen LogP contribution in [-0.4, -0.2) is 41.3 Å². The zero-order chi connectivity index (χ0) is 13.0. The van der Waals surface area contributed by atoms with Gasteiger partial charge in [0.1, 0.15) is 0 Å². The monoisotopic (exact) mass is 248 g/mol. The highest BCUT2D eigenvalue weighted by Gasteiger charge is 2.32. The second-order valence-corrected chi connectivity index (χ2v) is 4.31. The Labute approximate surface area is 105 Å². The largest absolute Gasteiger partial charge is 0.383 e. The molecule has 2 rings (SSSR count). The van der Waals surface area contributed by atoms with Gasteiger partial charge in [0.05, 0.1) is 5.92 Å². The van der Waals surface area contributed by atoms with Gasteiger partial charge in [-0.2, -0.15) is 0 Å². The molecule has 1 aromatic heterocycles. The topological polar surface area (TPSA) is 88.3 Å². The Morgan fingerprint density at radius 1 is 1.50 bits per heavy atom. The summed E-state index contributed by atoms with van der Waals surface area (Å²) in [5.74, 6) is -0.735. The number of carbonyl (C=O) groups excluding carboxylic acids is 2. The second-order valence-electron chi connectivity index (χ2n) is 4.31. The van der Waals surface area contributed by atoms with Crippen LogP contribution in [0.25, 0.3) is 0 Å². The van der Waals surface area contributed by atoms with Crippen LogP contribution in [0.15, 0.2) is 24.5 Å². The SMILES string of the molecule is NC(=O)C1CC(=O)N(CCNc2ccncc2)C1. The molecule has 1 aromatic rings. The summed E-state index contributed by atoms with van der Waals surface area (Å²) in [6, 6.07) is 3.72. The van der Waals surface area contributed by atoms with Crippen molar-refractivity contribution in [3.05, 3.63) is 24.5 Å². The number of anilines is 1. The van der Waals surface area contributed by atoms with Crippen LogP contribution < -0.4 is 11.1 Å². The molecular weight excluding hydrogens is 232 g/mol. The Kier molecular flexibility index (Phi) is 3.76. The molecule has 6 heteroatoms. The van der Waals surface area contributed by atoms with Crippen LogP contribution in [0.4, 0.5) is 5.69 Å². The number of nitrogens with two attached hydrogens (primary N) is 1. The number of carbonyl (C=O) groups is 2. The minimum absolute atomic E-state index is 0.00433. The summed E-state index contributed by atoms with van der Waals surface area (Å²) in [6.07, 6.45) is 3.64. The Balaban J connectivity index is 1.78. The molecule has 0 radical (unpaired) electrons. The lowest BCUT2D eigenvalue weighted by molar-refractivity contribution is -0.128. The summed E-state index contributed by atoms with van der Waals surface area (Å²) in [5.41, 5.74) is 6.16. The number of pyridine rings is 1. The highest BCUT2D eigenvalue weighted by Crippen LogP contribution is 2.16. The van der Waals surface area contributed by atoms with E-state index in [1.54, 1.807) is 17.3 Å². The van der Waals surface area contributed by atoms with E-state index in [4.69, 9.17) is 5.73 Å². The maximum Gasteiger partial charge on any atom is 0.223 e. The number of rotatable bonds is 5. The second kappa shape index (κ2) is 5.48. The Hall–Kier alpha value is -2.11. The van der Waals surface area contributed by atoms with Gasteiger partial charge in [-0.15, -0.1) is 0 Å². The Morgan fingerprint density at radius 3 is 2.83 bits per heavy atom. The van der Waals surface area contributed by atoms with Crippen molar-refractivity contribution < 1.29 is 9.59 Å². The number of nitrogens with zero attached hydrogens (tertiary/aromatic N) is 2. The number of amides is 2. The quantitative estimate of drug-likeness (QED) is 0.757. The number of hydrogen-bond acceptors (Lipinski definition) is 4. The number of aromatic nitrogens is 1. The fourth-order valence-electron chi connectivity index (χ4n) is 1.98. The molecule has 1 unspecified atom stereocenters. The zero-order valence-electron chi connectivity index (χ0n) is 10.0. The van der Waals surface area contributed by atoms with Crippen LogP contribution in [0.1, 0.15) is 6.42 Å². The summed E-state index contributed by atoms with van der Waals surface area (Å²) in [6.45, 7) is 1.65. The number of primary amides is 1. The average molecular weight is 248 g/mol. The fraction of sp³-hybridized carbons (Fsp3) is 0.417. The van der Waals surface area contributed by atoms with E-state index in [9.17, 15) is 9.59 Å². The van der Waals surface area contributed by atoms with E-state index in [0.29, 0.717) is 19.6 Å². The molecule has 0 spiro atoms. The summed E-state index contributed by atoms with van der Waals surface area (Å²) >= 11 is 0. The summed E-state index contributed by atoms with van der Waals surface area (Å²) in [7, 11) is 0. The van der Waals surface area contributed by atoms with Crippen LogP contribution >= 0.6 is 0 Å².